The van der Waals surface area contributed by atoms with Gasteiger partial charge in [0.15, 0.2) is 0 Å². The smallest absolute Gasteiger partial charge is 0.322 e. The average Bonchev–Trinajstić information content (AvgIpc) is 2.94. The maximum atomic E-state index is 12.3. The lowest BCUT2D eigenvalue weighted by molar-refractivity contribution is -0.136. The summed E-state index contributed by atoms with van der Waals surface area (Å²) in [6.07, 6.45) is 4.22. The SMILES string of the molecule is Nc1cnn(CC(=O)N2CCCC3(C2)NC(=O)NC3=O)c1. The Hall–Kier alpha value is -2.58. The number of amides is 4. The molecule has 9 nitrogen and oxygen atoms in total. The molecule has 1 unspecified atom stereocenters. The number of nitrogens with two attached hydrogens (primary N) is 1. The Labute approximate surface area is 120 Å². The lowest BCUT2D eigenvalue weighted by atomic mass is 9.89. The van der Waals surface area contributed by atoms with Crippen molar-refractivity contribution in [2.24, 2.45) is 0 Å². The summed E-state index contributed by atoms with van der Waals surface area (Å²) >= 11 is 0. The largest absolute Gasteiger partial charge is 0.396 e. The molecule has 1 aromatic heterocycles. The highest BCUT2D eigenvalue weighted by Crippen LogP contribution is 2.24. The molecule has 9 heteroatoms. The van der Waals surface area contributed by atoms with Crippen molar-refractivity contribution in [2.45, 2.75) is 24.9 Å². The van der Waals surface area contributed by atoms with Gasteiger partial charge in [-0.15, -0.1) is 0 Å². The Morgan fingerprint density at radius 1 is 1.48 bits per heavy atom. The molecule has 3 heterocycles. The van der Waals surface area contributed by atoms with E-state index >= 15 is 0 Å². The summed E-state index contributed by atoms with van der Waals surface area (Å²) in [4.78, 5) is 37.1. The third-order valence-electron chi connectivity index (χ3n) is 3.81. The van der Waals surface area contributed by atoms with Gasteiger partial charge in [0.1, 0.15) is 12.1 Å². The topological polar surface area (TPSA) is 122 Å². The van der Waals surface area contributed by atoms with E-state index in [1.54, 1.807) is 11.1 Å². The molecule has 3 rings (SSSR count). The molecule has 112 valence electrons. The fourth-order valence-electron chi connectivity index (χ4n) is 2.79. The second kappa shape index (κ2) is 4.76. The van der Waals surface area contributed by atoms with Crippen molar-refractivity contribution < 1.29 is 14.4 Å². The van der Waals surface area contributed by atoms with Crippen molar-refractivity contribution in [3.05, 3.63) is 12.4 Å². The average molecular weight is 292 g/mol. The van der Waals surface area contributed by atoms with Crippen molar-refractivity contribution in [2.75, 3.05) is 18.8 Å². The van der Waals surface area contributed by atoms with Gasteiger partial charge in [0.05, 0.1) is 18.4 Å². The van der Waals surface area contributed by atoms with Crippen LogP contribution in [0.3, 0.4) is 0 Å². The van der Waals surface area contributed by atoms with E-state index in [-0.39, 0.29) is 24.9 Å². The lowest BCUT2D eigenvalue weighted by Crippen LogP contribution is -2.60. The molecular formula is C12H16N6O3. The molecule has 21 heavy (non-hydrogen) atoms. The third kappa shape index (κ3) is 2.41. The zero-order chi connectivity index (χ0) is 15.0. The van der Waals surface area contributed by atoms with E-state index in [2.05, 4.69) is 15.7 Å². The number of rotatable bonds is 2. The number of nitrogens with zero attached hydrogens (tertiary/aromatic N) is 3. The fourth-order valence-corrected chi connectivity index (χ4v) is 2.79. The molecule has 2 aliphatic rings. The first-order valence-corrected chi connectivity index (χ1v) is 6.68. The minimum absolute atomic E-state index is 0.0584. The van der Waals surface area contributed by atoms with Gasteiger partial charge < -0.3 is 16.0 Å². The lowest BCUT2D eigenvalue weighted by Gasteiger charge is -2.38. The predicted molar refractivity (Wildman–Crippen MR) is 71.9 cm³/mol. The number of imide groups is 1. The minimum Gasteiger partial charge on any atom is -0.396 e. The monoisotopic (exact) mass is 292 g/mol. The summed E-state index contributed by atoms with van der Waals surface area (Å²) in [5, 5.41) is 8.83. The van der Waals surface area contributed by atoms with Gasteiger partial charge in [0.25, 0.3) is 5.91 Å². The second-order valence-electron chi connectivity index (χ2n) is 5.38. The highest BCUT2D eigenvalue weighted by molar-refractivity contribution is 6.07. The first-order chi connectivity index (χ1) is 9.98. The van der Waals surface area contributed by atoms with Crippen LogP contribution in [0.4, 0.5) is 10.5 Å². The Kier molecular flexibility index (Phi) is 3.04. The van der Waals surface area contributed by atoms with Crippen LogP contribution in [0.5, 0.6) is 0 Å². The summed E-state index contributed by atoms with van der Waals surface area (Å²) in [5.74, 6) is -0.528. The number of carbonyl (C=O) groups excluding carboxylic acids is 3. The van der Waals surface area contributed by atoms with Gasteiger partial charge in [-0.2, -0.15) is 5.10 Å². The molecule has 0 aliphatic carbocycles. The van der Waals surface area contributed by atoms with Gasteiger partial charge in [-0.05, 0) is 12.8 Å². The minimum atomic E-state index is -0.992. The van der Waals surface area contributed by atoms with Crippen LogP contribution in [0.25, 0.3) is 0 Å². The first kappa shape index (κ1) is 13.4. The molecule has 1 spiro atoms. The molecule has 4 amide bonds. The van der Waals surface area contributed by atoms with Gasteiger partial charge >= 0.3 is 6.03 Å². The van der Waals surface area contributed by atoms with E-state index < -0.39 is 11.6 Å². The van der Waals surface area contributed by atoms with Crippen LogP contribution in [0.1, 0.15) is 12.8 Å². The normalized spacial score (nSPS) is 25.0. The molecule has 2 saturated heterocycles. The molecular weight excluding hydrogens is 276 g/mol. The molecule has 0 saturated carbocycles. The number of anilines is 1. The number of hydrogen-bond acceptors (Lipinski definition) is 5. The first-order valence-electron chi connectivity index (χ1n) is 6.68. The van der Waals surface area contributed by atoms with Crippen molar-refractivity contribution in [3.8, 4) is 0 Å². The number of hydrogen-bond donors (Lipinski definition) is 3. The third-order valence-corrected chi connectivity index (χ3v) is 3.81. The Bertz CT molecular complexity index is 612. The quantitative estimate of drug-likeness (QED) is 0.583. The zero-order valence-electron chi connectivity index (χ0n) is 11.3. The van der Waals surface area contributed by atoms with E-state index in [0.717, 1.165) is 0 Å². The number of carbonyl (C=O) groups is 3. The highest BCUT2D eigenvalue weighted by atomic mass is 16.2. The summed E-state index contributed by atoms with van der Waals surface area (Å²) in [5.41, 5.74) is 5.05. The number of urea groups is 1. The molecule has 1 aromatic rings. The van der Waals surface area contributed by atoms with E-state index in [1.807, 2.05) is 0 Å². The molecule has 2 aliphatic heterocycles. The molecule has 4 N–H and O–H groups in total. The van der Waals surface area contributed by atoms with E-state index in [1.165, 1.54) is 10.9 Å². The summed E-state index contributed by atoms with van der Waals surface area (Å²) in [6.45, 7) is 0.795. The fraction of sp³-hybridized carbons (Fsp3) is 0.500. The van der Waals surface area contributed by atoms with Gasteiger partial charge in [-0.3, -0.25) is 19.6 Å². The Morgan fingerprint density at radius 3 is 2.90 bits per heavy atom. The van der Waals surface area contributed by atoms with Crippen LogP contribution in [-0.2, 0) is 16.1 Å². The van der Waals surface area contributed by atoms with Crippen LogP contribution >= 0.6 is 0 Å². The van der Waals surface area contributed by atoms with E-state index in [0.29, 0.717) is 25.1 Å². The van der Waals surface area contributed by atoms with Gasteiger partial charge in [-0.1, -0.05) is 0 Å². The Morgan fingerprint density at radius 2 is 2.29 bits per heavy atom. The number of piperidine rings is 1. The van der Waals surface area contributed by atoms with Crippen molar-refractivity contribution in [1.82, 2.24) is 25.3 Å². The maximum absolute atomic E-state index is 12.3. The van der Waals surface area contributed by atoms with Crippen LogP contribution in [0, 0.1) is 0 Å². The standard InChI is InChI=1S/C12H16N6O3/c13-8-4-14-18(5-8)6-9(19)17-3-1-2-12(7-17)10(20)15-11(21)16-12/h4-5H,1-3,6-7,13H2,(H2,15,16,20,21). The van der Waals surface area contributed by atoms with Gasteiger partial charge in [-0.25, -0.2) is 4.79 Å². The highest BCUT2D eigenvalue weighted by Gasteiger charge is 2.49. The molecule has 2 fully saturated rings. The zero-order valence-corrected chi connectivity index (χ0v) is 11.3. The van der Waals surface area contributed by atoms with Gasteiger partial charge in [0, 0.05) is 12.7 Å². The Balaban J connectivity index is 1.70. The van der Waals surface area contributed by atoms with E-state index in [9.17, 15) is 14.4 Å². The second-order valence-corrected chi connectivity index (χ2v) is 5.38. The van der Waals surface area contributed by atoms with Crippen molar-refractivity contribution >= 4 is 23.5 Å². The number of aromatic nitrogens is 2. The summed E-state index contributed by atoms with van der Waals surface area (Å²) < 4.78 is 1.45. The van der Waals surface area contributed by atoms with Crippen LogP contribution in [0.15, 0.2) is 12.4 Å². The van der Waals surface area contributed by atoms with Crippen molar-refractivity contribution in [1.29, 1.82) is 0 Å². The van der Waals surface area contributed by atoms with Crippen LogP contribution < -0.4 is 16.4 Å². The summed E-state index contributed by atoms with van der Waals surface area (Å²) in [6, 6.07) is -0.505. The molecule has 0 radical (unpaired) electrons. The molecule has 0 aromatic carbocycles. The number of nitrogens with one attached hydrogen (secondary N) is 2. The maximum Gasteiger partial charge on any atom is 0.322 e. The number of nitrogen functional groups attached to an aromatic ring is 1. The number of likely N-dealkylation sites (tertiary alicyclic amines) is 1. The van der Waals surface area contributed by atoms with Crippen LogP contribution in [0.2, 0.25) is 0 Å². The molecule has 0 bridgehead atoms. The van der Waals surface area contributed by atoms with E-state index in [4.69, 9.17) is 5.73 Å². The van der Waals surface area contributed by atoms with Crippen molar-refractivity contribution in [3.63, 3.8) is 0 Å². The van der Waals surface area contributed by atoms with Gasteiger partial charge in [0.2, 0.25) is 5.91 Å². The van der Waals surface area contributed by atoms with Crippen LogP contribution in [-0.4, -0.2) is 51.2 Å². The molecule has 1 atom stereocenters. The predicted octanol–water partition coefficient (Wildman–Crippen LogP) is -1.33. The summed E-state index contributed by atoms with van der Waals surface area (Å²) in [7, 11) is 0.